The predicted molar refractivity (Wildman–Crippen MR) is 61.8 cm³/mol. The van der Waals surface area contributed by atoms with Crippen LogP contribution >= 0.6 is 11.6 Å². The zero-order chi connectivity index (χ0) is 10.8. The molecule has 2 unspecified atom stereocenters. The van der Waals surface area contributed by atoms with Gasteiger partial charge < -0.3 is 16.2 Å². The predicted octanol–water partition coefficient (Wildman–Crippen LogP) is 1.57. The van der Waals surface area contributed by atoms with Crippen molar-refractivity contribution in [2.45, 2.75) is 12.5 Å². The number of rotatable bonds is 2. The molecular formula is C11H15ClN2O. The van der Waals surface area contributed by atoms with E-state index in [0.717, 1.165) is 25.1 Å². The van der Waals surface area contributed by atoms with E-state index in [0.29, 0.717) is 10.7 Å². The molecule has 0 spiro atoms. The molecule has 4 N–H and O–H groups in total. The molecule has 82 valence electrons. The standard InChI is InChI=1S/C11H15ClN2O/c12-8-1-2-9(10(13)5-8)11(15)7-3-4-14-6-7/h1-2,5,7,11,14-15H,3-4,6,13H2. The lowest BCUT2D eigenvalue weighted by Crippen LogP contribution is -2.17. The van der Waals surface area contributed by atoms with E-state index < -0.39 is 6.10 Å². The molecule has 15 heavy (non-hydrogen) atoms. The van der Waals surface area contributed by atoms with Crippen molar-refractivity contribution in [3.63, 3.8) is 0 Å². The number of hydrogen-bond acceptors (Lipinski definition) is 3. The van der Waals surface area contributed by atoms with Crippen LogP contribution in [-0.4, -0.2) is 18.2 Å². The van der Waals surface area contributed by atoms with Crippen molar-refractivity contribution in [2.75, 3.05) is 18.8 Å². The molecule has 0 radical (unpaired) electrons. The smallest absolute Gasteiger partial charge is 0.0850 e. The minimum atomic E-state index is -0.489. The number of nitrogens with two attached hydrogens (primary N) is 1. The highest BCUT2D eigenvalue weighted by molar-refractivity contribution is 6.30. The zero-order valence-corrected chi connectivity index (χ0v) is 9.17. The summed E-state index contributed by atoms with van der Waals surface area (Å²) in [5.41, 5.74) is 7.18. The Morgan fingerprint density at radius 1 is 1.53 bits per heavy atom. The van der Waals surface area contributed by atoms with Gasteiger partial charge in [0.1, 0.15) is 0 Å². The summed E-state index contributed by atoms with van der Waals surface area (Å²) < 4.78 is 0. The van der Waals surface area contributed by atoms with Crippen molar-refractivity contribution in [2.24, 2.45) is 5.92 Å². The molecule has 0 bridgehead atoms. The third-order valence-electron chi connectivity index (χ3n) is 2.91. The van der Waals surface area contributed by atoms with E-state index in [1.54, 1.807) is 18.2 Å². The zero-order valence-electron chi connectivity index (χ0n) is 8.41. The molecule has 4 heteroatoms. The first-order valence-electron chi connectivity index (χ1n) is 5.12. The summed E-state index contributed by atoms with van der Waals surface area (Å²) in [7, 11) is 0. The lowest BCUT2D eigenvalue weighted by molar-refractivity contribution is 0.119. The van der Waals surface area contributed by atoms with Gasteiger partial charge in [0, 0.05) is 28.7 Å². The van der Waals surface area contributed by atoms with Gasteiger partial charge in [-0.25, -0.2) is 0 Å². The minimum absolute atomic E-state index is 0.258. The minimum Gasteiger partial charge on any atom is -0.398 e. The molecule has 1 aromatic rings. The average molecular weight is 227 g/mol. The van der Waals surface area contributed by atoms with Crippen LogP contribution in [-0.2, 0) is 0 Å². The van der Waals surface area contributed by atoms with Crippen molar-refractivity contribution in [3.8, 4) is 0 Å². The van der Waals surface area contributed by atoms with Crippen LogP contribution in [0.4, 0.5) is 5.69 Å². The van der Waals surface area contributed by atoms with Crippen molar-refractivity contribution in [1.82, 2.24) is 5.32 Å². The van der Waals surface area contributed by atoms with Gasteiger partial charge in [0.25, 0.3) is 0 Å². The quantitative estimate of drug-likeness (QED) is 0.671. The molecule has 0 aliphatic carbocycles. The molecule has 0 saturated carbocycles. The molecule has 1 saturated heterocycles. The number of benzene rings is 1. The van der Waals surface area contributed by atoms with Gasteiger partial charge >= 0.3 is 0 Å². The number of nitrogen functional groups attached to an aromatic ring is 1. The Morgan fingerprint density at radius 3 is 2.93 bits per heavy atom. The average Bonchev–Trinajstić information content (AvgIpc) is 2.69. The van der Waals surface area contributed by atoms with Crippen LogP contribution in [0.25, 0.3) is 0 Å². The Bertz CT molecular complexity index is 350. The summed E-state index contributed by atoms with van der Waals surface area (Å²) in [6.45, 7) is 1.82. The summed E-state index contributed by atoms with van der Waals surface area (Å²) in [6, 6.07) is 5.25. The fraction of sp³-hybridized carbons (Fsp3) is 0.455. The molecule has 1 fully saturated rings. The van der Waals surface area contributed by atoms with Crippen LogP contribution in [0.15, 0.2) is 18.2 Å². The summed E-state index contributed by atoms with van der Waals surface area (Å²) in [6.07, 6.45) is 0.501. The SMILES string of the molecule is Nc1cc(Cl)ccc1C(O)C1CCNC1. The van der Waals surface area contributed by atoms with Crippen molar-refractivity contribution in [3.05, 3.63) is 28.8 Å². The third-order valence-corrected chi connectivity index (χ3v) is 3.15. The van der Waals surface area contributed by atoms with Gasteiger partial charge in [0.15, 0.2) is 0 Å². The maximum absolute atomic E-state index is 10.1. The first kappa shape index (κ1) is 10.7. The lowest BCUT2D eigenvalue weighted by Gasteiger charge is -2.19. The Kier molecular flexibility index (Phi) is 3.14. The first-order chi connectivity index (χ1) is 7.18. The van der Waals surface area contributed by atoms with E-state index in [9.17, 15) is 5.11 Å². The number of hydrogen-bond donors (Lipinski definition) is 3. The normalized spacial score (nSPS) is 22.9. The second kappa shape index (κ2) is 4.39. The Balaban J connectivity index is 2.20. The van der Waals surface area contributed by atoms with Gasteiger partial charge in [-0.2, -0.15) is 0 Å². The van der Waals surface area contributed by atoms with Crippen LogP contribution in [0.5, 0.6) is 0 Å². The van der Waals surface area contributed by atoms with Crippen molar-refractivity contribution in [1.29, 1.82) is 0 Å². The Morgan fingerprint density at radius 2 is 2.33 bits per heavy atom. The molecular weight excluding hydrogens is 212 g/mol. The largest absolute Gasteiger partial charge is 0.398 e. The highest BCUT2D eigenvalue weighted by atomic mass is 35.5. The second-order valence-electron chi connectivity index (χ2n) is 3.97. The number of aliphatic hydroxyl groups is 1. The van der Waals surface area contributed by atoms with Gasteiger partial charge in [-0.15, -0.1) is 0 Å². The fourth-order valence-corrected chi connectivity index (χ4v) is 2.20. The summed E-state index contributed by atoms with van der Waals surface area (Å²) >= 11 is 5.81. The third kappa shape index (κ3) is 2.25. The van der Waals surface area contributed by atoms with Crippen LogP contribution < -0.4 is 11.1 Å². The summed E-state index contributed by atoms with van der Waals surface area (Å²) in [5.74, 6) is 0.258. The molecule has 1 heterocycles. The molecule has 1 aromatic carbocycles. The molecule has 0 aromatic heterocycles. The van der Waals surface area contributed by atoms with E-state index in [4.69, 9.17) is 17.3 Å². The van der Waals surface area contributed by atoms with Gasteiger partial charge in [0.05, 0.1) is 6.10 Å². The monoisotopic (exact) mass is 226 g/mol. The van der Waals surface area contributed by atoms with Gasteiger partial charge in [0.2, 0.25) is 0 Å². The molecule has 1 aliphatic rings. The van der Waals surface area contributed by atoms with E-state index in [2.05, 4.69) is 5.32 Å². The lowest BCUT2D eigenvalue weighted by atomic mass is 9.94. The van der Waals surface area contributed by atoms with E-state index >= 15 is 0 Å². The number of halogens is 1. The fourth-order valence-electron chi connectivity index (χ4n) is 2.02. The molecule has 1 aliphatic heterocycles. The van der Waals surface area contributed by atoms with E-state index in [1.165, 1.54) is 0 Å². The molecule has 2 atom stereocenters. The van der Waals surface area contributed by atoms with Gasteiger partial charge in [-0.05, 0) is 25.1 Å². The summed E-state index contributed by atoms with van der Waals surface area (Å²) in [5, 5.41) is 14.0. The Labute approximate surface area is 94.2 Å². The molecule has 3 nitrogen and oxygen atoms in total. The second-order valence-corrected chi connectivity index (χ2v) is 4.41. The highest BCUT2D eigenvalue weighted by Crippen LogP contribution is 2.31. The topological polar surface area (TPSA) is 58.3 Å². The van der Waals surface area contributed by atoms with Crippen LogP contribution in [0.3, 0.4) is 0 Å². The van der Waals surface area contributed by atoms with Crippen LogP contribution in [0.2, 0.25) is 5.02 Å². The number of aliphatic hydroxyl groups excluding tert-OH is 1. The maximum Gasteiger partial charge on any atom is 0.0850 e. The van der Waals surface area contributed by atoms with Crippen LogP contribution in [0.1, 0.15) is 18.1 Å². The van der Waals surface area contributed by atoms with E-state index in [-0.39, 0.29) is 5.92 Å². The molecule has 2 rings (SSSR count). The maximum atomic E-state index is 10.1. The highest BCUT2D eigenvalue weighted by Gasteiger charge is 2.25. The number of nitrogens with one attached hydrogen (secondary N) is 1. The molecule has 0 amide bonds. The van der Waals surface area contributed by atoms with Crippen molar-refractivity contribution >= 4 is 17.3 Å². The summed E-state index contributed by atoms with van der Waals surface area (Å²) in [4.78, 5) is 0. The van der Waals surface area contributed by atoms with Crippen molar-refractivity contribution < 1.29 is 5.11 Å². The van der Waals surface area contributed by atoms with Gasteiger partial charge in [-0.3, -0.25) is 0 Å². The first-order valence-corrected chi connectivity index (χ1v) is 5.50. The van der Waals surface area contributed by atoms with Gasteiger partial charge in [-0.1, -0.05) is 17.7 Å². The van der Waals surface area contributed by atoms with Crippen LogP contribution in [0, 0.1) is 5.92 Å². The van der Waals surface area contributed by atoms with E-state index in [1.807, 2.05) is 0 Å². The number of anilines is 1. The Hall–Kier alpha value is -0.770.